The van der Waals surface area contributed by atoms with Gasteiger partial charge in [-0.25, -0.2) is 0 Å². The molecule has 0 saturated carbocycles. The van der Waals surface area contributed by atoms with Gasteiger partial charge in [0.15, 0.2) is 0 Å². The van der Waals surface area contributed by atoms with Gasteiger partial charge in [-0.15, -0.1) is 24.9 Å². The lowest BCUT2D eigenvalue weighted by Crippen LogP contribution is -2.55. The number of hydrogen-bond acceptors (Lipinski definition) is 5. The second-order valence-electron chi connectivity index (χ2n) is 11.2. The number of carbonyl (C=O) groups excluding carboxylic acids is 3. The lowest BCUT2D eigenvalue weighted by Gasteiger charge is -2.37. The molecule has 7 nitrogen and oxygen atoms in total. The van der Waals surface area contributed by atoms with E-state index in [1.54, 1.807) is 62.9 Å². The largest absolute Gasteiger partial charge is 0.396 e. The Bertz CT molecular complexity index is 1320. The van der Waals surface area contributed by atoms with Crippen molar-refractivity contribution in [3.63, 3.8) is 0 Å². The Morgan fingerprint density at radius 2 is 1.76 bits per heavy atom. The second-order valence-corrected chi connectivity index (χ2v) is 13.3. The first-order valence-corrected chi connectivity index (χ1v) is 15.8. The molecule has 3 heterocycles. The zero-order valence-electron chi connectivity index (χ0n) is 23.7. The quantitative estimate of drug-likeness (QED) is 0.258. The number of halogens is 1. The van der Waals surface area contributed by atoms with Crippen molar-refractivity contribution in [2.45, 2.75) is 48.3 Å². The van der Waals surface area contributed by atoms with Crippen LogP contribution in [0.1, 0.15) is 31.2 Å². The van der Waals surface area contributed by atoms with Gasteiger partial charge in [-0.05, 0) is 55.5 Å². The minimum atomic E-state index is -0.723. The average Bonchev–Trinajstić information content (AvgIpc) is 3.64. The summed E-state index contributed by atoms with van der Waals surface area (Å²) in [5.74, 6) is -1.46. The molecular formula is C33H38ClN3O4S. The van der Waals surface area contributed by atoms with Gasteiger partial charge < -0.3 is 19.8 Å². The van der Waals surface area contributed by atoms with Crippen molar-refractivity contribution in [2.24, 2.45) is 11.8 Å². The van der Waals surface area contributed by atoms with E-state index in [0.717, 1.165) is 12.0 Å². The van der Waals surface area contributed by atoms with Gasteiger partial charge in [-0.1, -0.05) is 54.1 Å². The summed E-state index contributed by atoms with van der Waals surface area (Å²) in [6, 6.07) is 16.2. The number of amides is 3. The van der Waals surface area contributed by atoms with E-state index in [1.165, 1.54) is 0 Å². The fourth-order valence-electron chi connectivity index (χ4n) is 6.97. The summed E-state index contributed by atoms with van der Waals surface area (Å²) in [7, 11) is 0. The highest BCUT2D eigenvalue weighted by Gasteiger charge is 2.74. The van der Waals surface area contributed by atoms with Crippen LogP contribution in [0.3, 0.4) is 0 Å². The first-order chi connectivity index (χ1) is 20.4. The molecule has 222 valence electrons. The van der Waals surface area contributed by atoms with Crippen molar-refractivity contribution >= 4 is 46.8 Å². The monoisotopic (exact) mass is 607 g/mol. The van der Waals surface area contributed by atoms with Crippen molar-refractivity contribution in [1.82, 2.24) is 9.80 Å². The molecule has 9 heteroatoms. The lowest BCUT2D eigenvalue weighted by atomic mass is 9.70. The molecule has 5 rings (SSSR count). The number of aliphatic hydroxyl groups excluding tert-OH is 1. The molecule has 3 aliphatic rings. The minimum absolute atomic E-state index is 0.0104. The van der Waals surface area contributed by atoms with Crippen LogP contribution in [-0.2, 0) is 20.9 Å². The molecule has 1 spiro atoms. The van der Waals surface area contributed by atoms with Crippen molar-refractivity contribution in [3.05, 3.63) is 90.5 Å². The molecule has 0 aliphatic carbocycles. The molecule has 0 radical (unpaired) electrons. The van der Waals surface area contributed by atoms with Gasteiger partial charge in [0.05, 0.1) is 16.6 Å². The number of carbonyl (C=O) groups is 3. The number of likely N-dealkylation sites (tertiary alicyclic amines) is 1. The maximum Gasteiger partial charge on any atom is 0.251 e. The van der Waals surface area contributed by atoms with E-state index < -0.39 is 22.6 Å². The van der Waals surface area contributed by atoms with Gasteiger partial charge >= 0.3 is 0 Å². The molecule has 3 saturated heterocycles. The van der Waals surface area contributed by atoms with Crippen LogP contribution in [0.2, 0.25) is 5.02 Å². The Hall–Kier alpha value is -3.07. The number of anilines is 1. The lowest BCUT2D eigenvalue weighted by molar-refractivity contribution is -0.144. The summed E-state index contributed by atoms with van der Waals surface area (Å²) in [6.07, 6.45) is 5.96. The fourth-order valence-corrected chi connectivity index (χ4v) is 9.30. The Labute approximate surface area is 257 Å². The SMILES string of the molecule is C=CCN(Cc1ccccc1)C(=O)[C@@H]1[C@H]2C(=O)N(CCCCO)C(C(=O)N(CC=C)c3ccc(Cl)cc3)C23CC[C@H]1S3. The maximum atomic E-state index is 14.6. The van der Waals surface area contributed by atoms with Crippen molar-refractivity contribution in [3.8, 4) is 0 Å². The second kappa shape index (κ2) is 13.1. The number of thioether (sulfide) groups is 1. The van der Waals surface area contributed by atoms with Crippen LogP contribution in [0.4, 0.5) is 5.69 Å². The summed E-state index contributed by atoms with van der Waals surface area (Å²) < 4.78 is -0.698. The summed E-state index contributed by atoms with van der Waals surface area (Å²) in [6.45, 7) is 9.19. The van der Waals surface area contributed by atoms with Crippen molar-refractivity contribution in [2.75, 3.05) is 31.1 Å². The number of hydrogen-bond donors (Lipinski definition) is 1. The molecule has 5 atom stereocenters. The summed E-state index contributed by atoms with van der Waals surface area (Å²) in [5, 5.41) is 9.99. The zero-order chi connectivity index (χ0) is 29.9. The van der Waals surface area contributed by atoms with Crippen LogP contribution in [0.15, 0.2) is 79.9 Å². The number of unbranched alkanes of at least 4 members (excludes halogenated alkanes) is 1. The van der Waals surface area contributed by atoms with Crippen LogP contribution in [-0.4, -0.2) is 74.9 Å². The molecule has 1 N–H and O–H groups in total. The van der Waals surface area contributed by atoms with Gasteiger partial charge in [0, 0.05) is 48.7 Å². The standard InChI is InChI=1S/C33H38ClN3O4S/c1-3-18-35(22-23-10-6-5-7-11-23)30(39)27-26-16-17-33(42-26)28(27)31(40)37(20-8-9-21-38)29(33)32(41)36(19-4-2)25-14-12-24(34)13-15-25/h3-7,10-15,26-29,38H,1-2,8-9,16-22H2/t26-,27+,28+,29?,33?/m1/s1. The first-order valence-electron chi connectivity index (χ1n) is 14.6. The molecular weight excluding hydrogens is 570 g/mol. The van der Waals surface area contributed by atoms with E-state index in [-0.39, 0.29) is 36.1 Å². The van der Waals surface area contributed by atoms with E-state index in [4.69, 9.17) is 11.6 Å². The smallest absolute Gasteiger partial charge is 0.251 e. The third kappa shape index (κ3) is 5.52. The third-order valence-corrected chi connectivity index (χ3v) is 10.9. The summed E-state index contributed by atoms with van der Waals surface area (Å²) >= 11 is 7.80. The van der Waals surface area contributed by atoms with E-state index in [0.29, 0.717) is 49.6 Å². The van der Waals surface area contributed by atoms with Crippen molar-refractivity contribution in [1.29, 1.82) is 0 Å². The van der Waals surface area contributed by atoms with Crippen LogP contribution < -0.4 is 4.90 Å². The number of benzene rings is 2. The molecule has 2 bridgehead atoms. The fraction of sp³-hybridized carbons (Fsp3) is 0.424. The van der Waals surface area contributed by atoms with Gasteiger partial charge in [0.2, 0.25) is 11.8 Å². The van der Waals surface area contributed by atoms with Crippen molar-refractivity contribution < 1.29 is 19.5 Å². The van der Waals surface area contributed by atoms with Crippen LogP contribution in [0, 0.1) is 11.8 Å². The maximum absolute atomic E-state index is 14.6. The highest BCUT2D eigenvalue weighted by Crippen LogP contribution is 2.66. The average molecular weight is 608 g/mol. The predicted molar refractivity (Wildman–Crippen MR) is 168 cm³/mol. The normalized spacial score (nSPS) is 25.8. The molecule has 3 amide bonds. The predicted octanol–water partition coefficient (Wildman–Crippen LogP) is 4.94. The van der Waals surface area contributed by atoms with Crippen LogP contribution >= 0.6 is 23.4 Å². The number of rotatable bonds is 13. The van der Waals surface area contributed by atoms with E-state index >= 15 is 0 Å². The minimum Gasteiger partial charge on any atom is -0.396 e. The molecule has 3 fully saturated rings. The Balaban J connectivity index is 1.51. The molecule has 2 aromatic carbocycles. The number of aliphatic hydroxyl groups is 1. The Morgan fingerprint density at radius 1 is 1.05 bits per heavy atom. The molecule has 3 aliphatic heterocycles. The highest BCUT2D eigenvalue weighted by atomic mass is 35.5. The van der Waals surface area contributed by atoms with E-state index in [9.17, 15) is 19.5 Å². The topological polar surface area (TPSA) is 81.2 Å². The van der Waals surface area contributed by atoms with Gasteiger partial charge in [-0.3, -0.25) is 14.4 Å². The van der Waals surface area contributed by atoms with Gasteiger partial charge in [0.1, 0.15) is 6.04 Å². The van der Waals surface area contributed by atoms with E-state index in [2.05, 4.69) is 13.2 Å². The summed E-state index contributed by atoms with van der Waals surface area (Å²) in [5.41, 5.74) is 1.69. The molecule has 42 heavy (non-hydrogen) atoms. The molecule has 0 aromatic heterocycles. The van der Waals surface area contributed by atoms with Crippen LogP contribution in [0.5, 0.6) is 0 Å². The van der Waals surface area contributed by atoms with Crippen LogP contribution in [0.25, 0.3) is 0 Å². The molecule has 2 unspecified atom stereocenters. The Morgan fingerprint density at radius 3 is 2.43 bits per heavy atom. The zero-order valence-corrected chi connectivity index (χ0v) is 25.3. The van der Waals surface area contributed by atoms with E-state index in [1.807, 2.05) is 30.3 Å². The number of fused-ring (bicyclic) bond motifs is 1. The Kier molecular flexibility index (Phi) is 9.45. The van der Waals surface area contributed by atoms with Gasteiger partial charge in [0.25, 0.3) is 5.91 Å². The third-order valence-electron chi connectivity index (χ3n) is 8.72. The highest BCUT2D eigenvalue weighted by molar-refractivity contribution is 8.02. The number of nitrogens with zero attached hydrogens (tertiary/aromatic N) is 3. The van der Waals surface area contributed by atoms with Gasteiger partial charge in [-0.2, -0.15) is 0 Å². The molecule has 2 aromatic rings. The summed E-state index contributed by atoms with van der Waals surface area (Å²) in [4.78, 5) is 48.4. The first kappa shape index (κ1) is 30.4.